The van der Waals surface area contributed by atoms with Gasteiger partial charge in [0.2, 0.25) is 0 Å². The molecule has 17 heavy (non-hydrogen) atoms. The van der Waals surface area contributed by atoms with Crippen molar-refractivity contribution < 1.29 is 4.42 Å². The normalized spacial score (nSPS) is 13.1. The van der Waals surface area contributed by atoms with Crippen LogP contribution in [-0.2, 0) is 7.05 Å². The second kappa shape index (κ2) is 4.73. The summed E-state index contributed by atoms with van der Waals surface area (Å²) < 4.78 is 6.61. The molecule has 1 unspecified atom stereocenters. The van der Waals surface area contributed by atoms with Crippen LogP contribution in [0.2, 0.25) is 0 Å². The zero-order valence-electron chi connectivity index (χ0n) is 10.1. The van der Waals surface area contributed by atoms with Crippen molar-refractivity contribution in [2.24, 2.45) is 12.8 Å². The molecule has 0 fully saturated rings. The monoisotopic (exact) mass is 235 g/mol. The standard InChI is InChI=1S/C12H17N3O2/c1-14-6-5-9(13)8-3-4-10-11(7-8)17-12(16)15(10)2/h3-4,7,9,14H,5-6,13H2,1-2H3. The fourth-order valence-electron chi connectivity index (χ4n) is 1.85. The molecule has 0 radical (unpaired) electrons. The molecule has 2 aromatic rings. The summed E-state index contributed by atoms with van der Waals surface area (Å²) in [5.41, 5.74) is 8.42. The van der Waals surface area contributed by atoms with E-state index in [0.29, 0.717) is 5.58 Å². The lowest BCUT2D eigenvalue weighted by atomic mass is 10.0. The lowest BCUT2D eigenvalue weighted by Crippen LogP contribution is -2.17. The number of benzene rings is 1. The molecule has 0 saturated carbocycles. The second-order valence-electron chi connectivity index (χ2n) is 4.15. The van der Waals surface area contributed by atoms with E-state index in [-0.39, 0.29) is 11.8 Å². The largest absolute Gasteiger partial charge is 0.419 e. The molecule has 1 aromatic carbocycles. The van der Waals surface area contributed by atoms with Gasteiger partial charge < -0.3 is 15.5 Å². The van der Waals surface area contributed by atoms with Gasteiger partial charge in [0, 0.05) is 13.1 Å². The minimum absolute atomic E-state index is 0.0441. The maximum Gasteiger partial charge on any atom is 0.419 e. The number of aryl methyl sites for hydroxylation is 1. The summed E-state index contributed by atoms with van der Waals surface area (Å²) >= 11 is 0. The number of nitrogens with one attached hydrogen (secondary N) is 1. The topological polar surface area (TPSA) is 73.2 Å². The van der Waals surface area contributed by atoms with Gasteiger partial charge in [-0.2, -0.15) is 0 Å². The first kappa shape index (κ1) is 11.9. The van der Waals surface area contributed by atoms with Crippen molar-refractivity contribution in [3.05, 3.63) is 34.3 Å². The van der Waals surface area contributed by atoms with Gasteiger partial charge in [0.15, 0.2) is 5.58 Å². The van der Waals surface area contributed by atoms with Crippen molar-refractivity contribution in [3.63, 3.8) is 0 Å². The van der Waals surface area contributed by atoms with Gasteiger partial charge in [-0.25, -0.2) is 4.79 Å². The van der Waals surface area contributed by atoms with Gasteiger partial charge in [-0.15, -0.1) is 0 Å². The lowest BCUT2D eigenvalue weighted by Gasteiger charge is -2.11. The van der Waals surface area contributed by atoms with Crippen molar-refractivity contribution in [2.45, 2.75) is 12.5 Å². The van der Waals surface area contributed by atoms with Crippen LogP contribution >= 0.6 is 0 Å². The summed E-state index contributed by atoms with van der Waals surface area (Å²) in [7, 11) is 3.58. The quantitative estimate of drug-likeness (QED) is 0.819. The highest BCUT2D eigenvalue weighted by molar-refractivity contribution is 5.73. The molecule has 1 atom stereocenters. The number of nitrogens with zero attached hydrogens (tertiary/aromatic N) is 1. The molecular formula is C12H17N3O2. The molecule has 1 aromatic heterocycles. The highest BCUT2D eigenvalue weighted by Crippen LogP contribution is 2.19. The fourth-order valence-corrected chi connectivity index (χ4v) is 1.85. The van der Waals surface area contributed by atoms with E-state index in [4.69, 9.17) is 10.2 Å². The van der Waals surface area contributed by atoms with Gasteiger partial charge in [0.25, 0.3) is 0 Å². The van der Waals surface area contributed by atoms with Gasteiger partial charge >= 0.3 is 5.76 Å². The Hall–Kier alpha value is -1.59. The SMILES string of the molecule is CNCCC(N)c1ccc2c(c1)oc(=O)n2C. The van der Waals surface area contributed by atoms with Crippen molar-refractivity contribution in [1.29, 1.82) is 0 Å². The summed E-state index contributed by atoms with van der Waals surface area (Å²) in [6, 6.07) is 5.61. The Bertz CT molecular complexity index is 571. The van der Waals surface area contributed by atoms with Crippen molar-refractivity contribution in [3.8, 4) is 0 Å². The molecule has 0 spiro atoms. The van der Waals surface area contributed by atoms with Crippen LogP contribution in [0.5, 0.6) is 0 Å². The average Bonchev–Trinajstić information content (AvgIpc) is 2.61. The summed E-state index contributed by atoms with van der Waals surface area (Å²) in [6.07, 6.45) is 0.846. The molecule has 0 aliphatic heterocycles. The van der Waals surface area contributed by atoms with Crippen LogP contribution in [0.4, 0.5) is 0 Å². The molecule has 0 saturated heterocycles. The van der Waals surface area contributed by atoms with Crippen LogP contribution in [0.3, 0.4) is 0 Å². The Balaban J connectivity index is 2.34. The molecule has 2 rings (SSSR count). The summed E-state index contributed by atoms with van der Waals surface area (Å²) in [5.74, 6) is -0.346. The third-order valence-electron chi connectivity index (χ3n) is 2.95. The van der Waals surface area contributed by atoms with E-state index in [9.17, 15) is 4.79 Å². The Morgan fingerprint density at radius 3 is 3.00 bits per heavy atom. The molecule has 1 heterocycles. The van der Waals surface area contributed by atoms with E-state index in [1.165, 1.54) is 4.57 Å². The van der Waals surface area contributed by atoms with Crippen molar-refractivity contribution in [1.82, 2.24) is 9.88 Å². The minimum atomic E-state index is -0.346. The van der Waals surface area contributed by atoms with Crippen LogP contribution in [0.15, 0.2) is 27.4 Å². The van der Waals surface area contributed by atoms with Gasteiger partial charge in [0.1, 0.15) is 0 Å². The van der Waals surface area contributed by atoms with Crippen LogP contribution in [0, 0.1) is 0 Å². The molecule has 0 aliphatic carbocycles. The molecule has 5 nitrogen and oxygen atoms in total. The maximum absolute atomic E-state index is 11.3. The van der Waals surface area contributed by atoms with E-state index in [1.54, 1.807) is 7.05 Å². The zero-order chi connectivity index (χ0) is 12.4. The number of fused-ring (bicyclic) bond motifs is 1. The number of hydrogen-bond donors (Lipinski definition) is 2. The highest BCUT2D eigenvalue weighted by Gasteiger charge is 2.10. The third-order valence-corrected chi connectivity index (χ3v) is 2.95. The second-order valence-corrected chi connectivity index (χ2v) is 4.15. The lowest BCUT2D eigenvalue weighted by molar-refractivity contribution is 0.527. The first-order chi connectivity index (χ1) is 8.13. The van der Waals surface area contributed by atoms with Crippen molar-refractivity contribution >= 4 is 11.1 Å². The highest BCUT2D eigenvalue weighted by atomic mass is 16.4. The third kappa shape index (κ3) is 2.25. The van der Waals surface area contributed by atoms with Gasteiger partial charge in [-0.1, -0.05) is 6.07 Å². The predicted octanol–water partition coefficient (Wildman–Crippen LogP) is 0.741. The average molecular weight is 235 g/mol. The number of oxazole rings is 1. The Kier molecular flexibility index (Phi) is 3.31. The van der Waals surface area contributed by atoms with Gasteiger partial charge in [-0.05, 0) is 37.7 Å². The Morgan fingerprint density at radius 1 is 1.53 bits per heavy atom. The molecule has 0 bridgehead atoms. The van der Waals surface area contributed by atoms with E-state index in [0.717, 1.165) is 24.0 Å². The first-order valence-electron chi connectivity index (χ1n) is 5.63. The van der Waals surface area contributed by atoms with E-state index >= 15 is 0 Å². The molecule has 92 valence electrons. The van der Waals surface area contributed by atoms with Gasteiger partial charge in [0.05, 0.1) is 5.52 Å². The smallest absolute Gasteiger partial charge is 0.408 e. The zero-order valence-corrected chi connectivity index (χ0v) is 10.1. The summed E-state index contributed by atoms with van der Waals surface area (Å²) in [5, 5.41) is 3.06. The number of hydrogen-bond acceptors (Lipinski definition) is 4. The summed E-state index contributed by atoms with van der Waals surface area (Å²) in [4.78, 5) is 11.3. The fraction of sp³-hybridized carbons (Fsp3) is 0.417. The molecule has 0 aliphatic rings. The number of aromatic nitrogens is 1. The number of nitrogens with two attached hydrogens (primary N) is 1. The van der Waals surface area contributed by atoms with Crippen LogP contribution < -0.4 is 16.8 Å². The van der Waals surface area contributed by atoms with Gasteiger partial charge in [-0.3, -0.25) is 4.57 Å². The van der Waals surface area contributed by atoms with Crippen LogP contribution in [0.25, 0.3) is 11.1 Å². The van der Waals surface area contributed by atoms with E-state index in [1.807, 2.05) is 25.2 Å². The molecule has 5 heteroatoms. The Labute approximate surface area is 99.2 Å². The van der Waals surface area contributed by atoms with E-state index in [2.05, 4.69) is 5.32 Å². The Morgan fingerprint density at radius 2 is 2.29 bits per heavy atom. The number of rotatable bonds is 4. The van der Waals surface area contributed by atoms with Crippen LogP contribution in [-0.4, -0.2) is 18.2 Å². The maximum atomic E-state index is 11.3. The first-order valence-corrected chi connectivity index (χ1v) is 5.63. The molecular weight excluding hydrogens is 218 g/mol. The van der Waals surface area contributed by atoms with Crippen LogP contribution in [0.1, 0.15) is 18.0 Å². The minimum Gasteiger partial charge on any atom is -0.408 e. The predicted molar refractivity (Wildman–Crippen MR) is 66.9 cm³/mol. The summed E-state index contributed by atoms with van der Waals surface area (Å²) in [6.45, 7) is 0.859. The van der Waals surface area contributed by atoms with Crippen molar-refractivity contribution in [2.75, 3.05) is 13.6 Å². The molecule has 3 N–H and O–H groups in total. The molecule has 0 amide bonds. The van der Waals surface area contributed by atoms with E-state index < -0.39 is 0 Å².